The fourth-order valence-corrected chi connectivity index (χ4v) is 3.31. The molecule has 0 saturated carbocycles. The van der Waals surface area contributed by atoms with E-state index in [2.05, 4.69) is 10.6 Å². The number of amides is 3. The van der Waals surface area contributed by atoms with Gasteiger partial charge in [0.15, 0.2) is 6.61 Å². The molecular formula is C23H27N3O4. The summed E-state index contributed by atoms with van der Waals surface area (Å²) in [6.45, 7) is 4.24. The van der Waals surface area contributed by atoms with Crippen molar-refractivity contribution in [3.63, 3.8) is 0 Å². The molecule has 1 fully saturated rings. The van der Waals surface area contributed by atoms with Gasteiger partial charge in [0.05, 0.1) is 0 Å². The third kappa shape index (κ3) is 5.59. The third-order valence-electron chi connectivity index (χ3n) is 4.88. The molecule has 1 saturated heterocycles. The van der Waals surface area contributed by atoms with Crippen LogP contribution in [0.2, 0.25) is 0 Å². The van der Waals surface area contributed by atoms with Crippen LogP contribution in [0, 0.1) is 5.92 Å². The second-order valence-corrected chi connectivity index (χ2v) is 7.58. The summed E-state index contributed by atoms with van der Waals surface area (Å²) in [7, 11) is 0. The van der Waals surface area contributed by atoms with E-state index in [0.29, 0.717) is 24.4 Å². The second-order valence-electron chi connectivity index (χ2n) is 7.58. The van der Waals surface area contributed by atoms with Crippen LogP contribution in [0.25, 0.3) is 0 Å². The molecule has 0 spiro atoms. The molecule has 158 valence electrons. The Balaban J connectivity index is 1.60. The van der Waals surface area contributed by atoms with Gasteiger partial charge in [-0.1, -0.05) is 38.1 Å². The summed E-state index contributed by atoms with van der Waals surface area (Å²) in [4.78, 5) is 38.8. The zero-order valence-corrected chi connectivity index (χ0v) is 17.3. The summed E-state index contributed by atoms with van der Waals surface area (Å²) >= 11 is 0. The van der Waals surface area contributed by atoms with Crippen LogP contribution in [-0.4, -0.2) is 36.9 Å². The zero-order valence-electron chi connectivity index (χ0n) is 17.3. The molecule has 1 aliphatic rings. The van der Waals surface area contributed by atoms with E-state index in [0.717, 1.165) is 12.1 Å². The number of hydrogen-bond donors (Lipinski definition) is 2. The van der Waals surface area contributed by atoms with Crippen LogP contribution < -0.4 is 20.3 Å². The van der Waals surface area contributed by atoms with Crippen LogP contribution in [0.5, 0.6) is 5.75 Å². The number of carbonyl (C=O) groups is 3. The first-order chi connectivity index (χ1) is 14.4. The predicted molar refractivity (Wildman–Crippen MR) is 115 cm³/mol. The maximum atomic E-state index is 12.8. The van der Waals surface area contributed by atoms with Crippen LogP contribution in [-0.2, 0) is 14.4 Å². The fourth-order valence-electron chi connectivity index (χ4n) is 3.31. The van der Waals surface area contributed by atoms with Gasteiger partial charge in [-0.3, -0.25) is 14.4 Å². The van der Waals surface area contributed by atoms with E-state index in [4.69, 9.17) is 4.74 Å². The number of para-hydroxylation sites is 1. The first-order valence-corrected chi connectivity index (χ1v) is 10.1. The first kappa shape index (κ1) is 21.4. The average molecular weight is 409 g/mol. The molecule has 2 aromatic carbocycles. The van der Waals surface area contributed by atoms with E-state index in [1.165, 1.54) is 0 Å². The van der Waals surface area contributed by atoms with Gasteiger partial charge in [-0.05, 0) is 42.7 Å². The number of benzene rings is 2. The van der Waals surface area contributed by atoms with Gasteiger partial charge in [0.25, 0.3) is 5.91 Å². The zero-order chi connectivity index (χ0) is 21.5. The Kier molecular flexibility index (Phi) is 7.06. The lowest BCUT2D eigenvalue weighted by Gasteiger charge is -2.22. The second kappa shape index (κ2) is 9.91. The van der Waals surface area contributed by atoms with Gasteiger partial charge in [0.1, 0.15) is 11.8 Å². The molecule has 0 aliphatic carbocycles. The van der Waals surface area contributed by atoms with Gasteiger partial charge in [-0.2, -0.15) is 0 Å². The molecule has 3 rings (SSSR count). The molecule has 0 unspecified atom stereocenters. The molecule has 7 nitrogen and oxygen atoms in total. The minimum atomic E-state index is -0.714. The van der Waals surface area contributed by atoms with Crippen molar-refractivity contribution < 1.29 is 19.1 Å². The van der Waals surface area contributed by atoms with E-state index in [9.17, 15) is 14.4 Å². The summed E-state index contributed by atoms with van der Waals surface area (Å²) in [5.74, 6) is -0.128. The Morgan fingerprint density at radius 1 is 1.10 bits per heavy atom. The number of anilines is 2. The summed E-state index contributed by atoms with van der Waals surface area (Å²) in [6, 6.07) is 15.5. The van der Waals surface area contributed by atoms with Crippen LogP contribution in [0.1, 0.15) is 26.7 Å². The number of ether oxygens (including phenoxy) is 1. The number of nitrogens with one attached hydrogen (secondary N) is 2. The molecule has 0 bridgehead atoms. The molecule has 1 heterocycles. The summed E-state index contributed by atoms with van der Waals surface area (Å²) < 4.78 is 5.45. The predicted octanol–water partition coefficient (Wildman–Crippen LogP) is 2.97. The van der Waals surface area contributed by atoms with Crippen LogP contribution in [0.15, 0.2) is 54.6 Å². The van der Waals surface area contributed by atoms with E-state index in [1.807, 2.05) is 38.1 Å². The highest BCUT2D eigenvalue weighted by Crippen LogP contribution is 2.24. The van der Waals surface area contributed by atoms with Gasteiger partial charge in [-0.25, -0.2) is 0 Å². The lowest BCUT2D eigenvalue weighted by molar-refractivity contribution is -0.128. The van der Waals surface area contributed by atoms with Gasteiger partial charge >= 0.3 is 0 Å². The van der Waals surface area contributed by atoms with Crippen molar-refractivity contribution in [2.75, 3.05) is 23.4 Å². The quantitative estimate of drug-likeness (QED) is 0.702. The maximum Gasteiger partial charge on any atom is 0.258 e. The van der Waals surface area contributed by atoms with Crippen molar-refractivity contribution in [3.05, 3.63) is 54.6 Å². The third-order valence-corrected chi connectivity index (χ3v) is 4.88. The summed E-state index contributed by atoms with van der Waals surface area (Å²) in [5, 5.41) is 5.59. The lowest BCUT2D eigenvalue weighted by Crippen LogP contribution is -2.48. The van der Waals surface area contributed by atoms with E-state index in [-0.39, 0.29) is 30.2 Å². The Hall–Kier alpha value is -3.35. The molecule has 1 aliphatic heterocycles. The molecule has 2 aromatic rings. The molecule has 7 heteroatoms. The van der Waals surface area contributed by atoms with Gasteiger partial charge in [0, 0.05) is 24.3 Å². The smallest absolute Gasteiger partial charge is 0.258 e. The average Bonchev–Trinajstić information content (AvgIpc) is 3.17. The van der Waals surface area contributed by atoms with Crippen molar-refractivity contribution in [2.45, 2.75) is 32.7 Å². The number of rotatable bonds is 8. The van der Waals surface area contributed by atoms with E-state index < -0.39 is 6.04 Å². The van der Waals surface area contributed by atoms with E-state index >= 15 is 0 Å². The monoisotopic (exact) mass is 409 g/mol. The van der Waals surface area contributed by atoms with Crippen molar-refractivity contribution in [1.29, 1.82) is 0 Å². The molecule has 3 amide bonds. The highest BCUT2D eigenvalue weighted by atomic mass is 16.5. The van der Waals surface area contributed by atoms with Crippen LogP contribution in [0.3, 0.4) is 0 Å². The van der Waals surface area contributed by atoms with Gasteiger partial charge < -0.3 is 20.3 Å². The Morgan fingerprint density at radius 2 is 1.87 bits per heavy atom. The SMILES string of the molecule is CC(C)[C@H](NC(=O)COc1ccccc1)C(=O)Nc1cccc(N2CCCC2=O)c1. The highest BCUT2D eigenvalue weighted by Gasteiger charge is 2.25. The Morgan fingerprint density at radius 3 is 2.53 bits per heavy atom. The number of carbonyl (C=O) groups excluding carboxylic acids is 3. The van der Waals surface area contributed by atoms with Crippen molar-refractivity contribution >= 4 is 29.1 Å². The van der Waals surface area contributed by atoms with Crippen LogP contribution >= 0.6 is 0 Å². The van der Waals surface area contributed by atoms with Gasteiger partial charge in [0.2, 0.25) is 11.8 Å². The molecule has 0 radical (unpaired) electrons. The minimum absolute atomic E-state index is 0.0872. The molecule has 2 N–H and O–H groups in total. The largest absolute Gasteiger partial charge is 0.484 e. The molecule has 1 atom stereocenters. The Labute approximate surface area is 176 Å². The normalized spacial score (nSPS) is 14.5. The Bertz CT molecular complexity index is 898. The minimum Gasteiger partial charge on any atom is -0.484 e. The molecular weight excluding hydrogens is 382 g/mol. The molecule has 0 aromatic heterocycles. The molecule has 30 heavy (non-hydrogen) atoms. The first-order valence-electron chi connectivity index (χ1n) is 10.1. The van der Waals surface area contributed by atoms with Crippen molar-refractivity contribution in [1.82, 2.24) is 5.32 Å². The van der Waals surface area contributed by atoms with Crippen LogP contribution in [0.4, 0.5) is 11.4 Å². The highest BCUT2D eigenvalue weighted by molar-refractivity contribution is 5.99. The standard InChI is InChI=1S/C23H27N3O4/c1-16(2)22(25-20(27)15-30-19-10-4-3-5-11-19)23(29)24-17-8-6-9-18(14-17)26-13-7-12-21(26)28/h3-6,8-11,14,16,22H,7,12-13,15H2,1-2H3,(H,24,29)(H,25,27)/t22-/m0/s1. The van der Waals surface area contributed by atoms with Crippen molar-refractivity contribution in [2.24, 2.45) is 5.92 Å². The summed E-state index contributed by atoms with van der Waals surface area (Å²) in [5.41, 5.74) is 1.34. The summed E-state index contributed by atoms with van der Waals surface area (Å²) in [6.07, 6.45) is 1.38. The lowest BCUT2D eigenvalue weighted by atomic mass is 10.0. The topological polar surface area (TPSA) is 87.7 Å². The number of nitrogens with zero attached hydrogens (tertiary/aromatic N) is 1. The van der Waals surface area contributed by atoms with Gasteiger partial charge in [-0.15, -0.1) is 0 Å². The van der Waals surface area contributed by atoms with Crippen molar-refractivity contribution in [3.8, 4) is 5.75 Å². The number of hydrogen-bond acceptors (Lipinski definition) is 4. The fraction of sp³-hybridized carbons (Fsp3) is 0.348. The van der Waals surface area contributed by atoms with E-state index in [1.54, 1.807) is 35.2 Å². The maximum absolute atomic E-state index is 12.8.